The van der Waals surface area contributed by atoms with E-state index in [2.05, 4.69) is 27.0 Å². The Morgan fingerprint density at radius 3 is 2.46 bits per heavy atom. The minimum absolute atomic E-state index is 0.251. The number of nitrogens with zero attached hydrogens (tertiary/aromatic N) is 1. The number of hydrogen-bond donors (Lipinski definition) is 2. The van der Waals surface area contributed by atoms with Gasteiger partial charge in [-0.05, 0) is 11.6 Å². The van der Waals surface area contributed by atoms with Gasteiger partial charge in [-0.1, -0.05) is 30.3 Å². The molecule has 0 fully saturated rings. The molecular weight excluding hydrogens is 302 g/mol. The molecule has 5 heteroatoms. The van der Waals surface area contributed by atoms with Gasteiger partial charge >= 0.3 is 0 Å². The summed E-state index contributed by atoms with van der Waals surface area (Å²) < 4.78 is 2.08. The van der Waals surface area contributed by atoms with E-state index in [1.165, 1.54) is 12.5 Å². The monoisotopic (exact) mass is 320 g/mol. The highest BCUT2D eigenvalue weighted by molar-refractivity contribution is 5.89. The first-order valence-corrected chi connectivity index (χ1v) is 7.65. The number of aromatic nitrogens is 2. The first-order chi connectivity index (χ1) is 11.6. The molecule has 2 N–H and O–H groups in total. The van der Waals surface area contributed by atoms with E-state index in [0.29, 0.717) is 0 Å². The molecule has 0 bridgehead atoms. The predicted octanol–water partition coefficient (Wildman–Crippen LogP) is 2.34. The van der Waals surface area contributed by atoms with Gasteiger partial charge in [-0.3, -0.25) is 9.59 Å². The molecule has 0 unspecified atom stereocenters. The Hall–Kier alpha value is -3.21. The number of aromatic amines is 1. The first-order valence-electron chi connectivity index (χ1n) is 7.65. The van der Waals surface area contributed by atoms with Gasteiger partial charge in [-0.2, -0.15) is 0 Å². The number of H-pyrrole nitrogens is 1. The quantitative estimate of drug-likeness (QED) is 0.725. The van der Waals surface area contributed by atoms with Crippen molar-refractivity contribution in [1.82, 2.24) is 4.98 Å². The fraction of sp³-hybridized carbons (Fsp3) is 0.105. The topological polar surface area (TPSA) is 65.8 Å². The molecule has 0 saturated carbocycles. The van der Waals surface area contributed by atoms with E-state index < -0.39 is 0 Å². The summed E-state index contributed by atoms with van der Waals surface area (Å²) in [5.41, 5.74) is 2.96. The summed E-state index contributed by atoms with van der Waals surface area (Å²) in [5.74, 6) is -0.272. The van der Waals surface area contributed by atoms with Crippen molar-refractivity contribution in [2.24, 2.45) is 0 Å². The Morgan fingerprint density at radius 1 is 1.08 bits per heavy atom. The molecule has 0 atom stereocenters. The number of carbonyl (C=O) groups excluding carboxylic acids is 1. The average Bonchev–Trinajstić information content (AvgIpc) is 2.58. The number of rotatable bonds is 4. The lowest BCUT2D eigenvalue weighted by Crippen LogP contribution is -2.32. The van der Waals surface area contributed by atoms with E-state index in [0.717, 1.165) is 17.7 Å². The van der Waals surface area contributed by atoms with Crippen molar-refractivity contribution in [3.63, 3.8) is 0 Å². The van der Waals surface area contributed by atoms with Crippen LogP contribution < -0.4 is 15.4 Å². The van der Waals surface area contributed by atoms with Crippen molar-refractivity contribution in [2.45, 2.75) is 13.5 Å². The van der Waals surface area contributed by atoms with Crippen LogP contribution >= 0.6 is 0 Å². The molecule has 0 aliphatic heterocycles. The average molecular weight is 320 g/mol. The second kappa shape index (κ2) is 6.91. The van der Waals surface area contributed by atoms with Crippen LogP contribution in [0.5, 0.6) is 0 Å². The van der Waals surface area contributed by atoms with Crippen LogP contribution in [0.25, 0.3) is 11.1 Å². The first kappa shape index (κ1) is 15.7. The second-order valence-corrected chi connectivity index (χ2v) is 5.56. The molecule has 3 rings (SSSR count). The van der Waals surface area contributed by atoms with E-state index in [4.69, 9.17) is 0 Å². The van der Waals surface area contributed by atoms with Crippen molar-refractivity contribution in [2.75, 3.05) is 5.32 Å². The molecule has 0 aliphatic rings. The van der Waals surface area contributed by atoms with E-state index in [1.807, 2.05) is 42.7 Å². The highest BCUT2D eigenvalue weighted by Crippen LogP contribution is 2.18. The fourth-order valence-corrected chi connectivity index (χ4v) is 2.48. The number of pyridine rings is 2. The van der Waals surface area contributed by atoms with E-state index in [-0.39, 0.29) is 17.2 Å². The number of amides is 1. The summed E-state index contributed by atoms with van der Waals surface area (Å²) >= 11 is 0. The van der Waals surface area contributed by atoms with Crippen molar-refractivity contribution < 1.29 is 9.36 Å². The van der Waals surface area contributed by atoms with Gasteiger partial charge < -0.3 is 10.3 Å². The van der Waals surface area contributed by atoms with Crippen LogP contribution in [0.15, 0.2) is 71.9 Å². The molecule has 1 amide bonds. The van der Waals surface area contributed by atoms with Crippen molar-refractivity contribution >= 4 is 11.6 Å². The van der Waals surface area contributed by atoms with E-state index >= 15 is 0 Å². The molecule has 0 aliphatic carbocycles. The van der Waals surface area contributed by atoms with E-state index in [9.17, 15) is 9.59 Å². The van der Waals surface area contributed by atoms with Crippen molar-refractivity contribution in [3.8, 4) is 11.1 Å². The molecule has 2 heterocycles. The molecule has 5 nitrogen and oxygen atoms in total. The summed E-state index contributed by atoms with van der Waals surface area (Å²) in [6.07, 6.45) is 5.63. The molecule has 0 spiro atoms. The maximum atomic E-state index is 11.7. The summed E-state index contributed by atoms with van der Waals surface area (Å²) in [4.78, 5) is 25.5. The summed E-state index contributed by atoms with van der Waals surface area (Å²) in [6.45, 7) is 2.17. The van der Waals surface area contributed by atoms with Crippen LogP contribution in [0.2, 0.25) is 0 Å². The fourth-order valence-electron chi connectivity index (χ4n) is 2.48. The molecule has 120 valence electrons. The highest BCUT2D eigenvalue weighted by Gasteiger charge is 2.07. The lowest BCUT2D eigenvalue weighted by atomic mass is 10.1. The van der Waals surface area contributed by atoms with Crippen LogP contribution in [0.1, 0.15) is 12.5 Å². The van der Waals surface area contributed by atoms with Gasteiger partial charge in [0.05, 0.1) is 0 Å². The molecule has 24 heavy (non-hydrogen) atoms. The Bertz CT molecular complexity index is 900. The number of carbonyl (C=O) groups is 1. The molecule has 3 aromatic rings. The zero-order chi connectivity index (χ0) is 16.9. The Morgan fingerprint density at radius 2 is 1.79 bits per heavy atom. The van der Waals surface area contributed by atoms with Gasteiger partial charge in [0.15, 0.2) is 18.9 Å². The number of nitrogens with one attached hydrogen (secondary N) is 2. The number of hydrogen-bond acceptors (Lipinski definition) is 2. The zero-order valence-electron chi connectivity index (χ0n) is 13.3. The Kier molecular flexibility index (Phi) is 4.52. The highest BCUT2D eigenvalue weighted by atomic mass is 16.2. The SMILES string of the molecule is CC(=O)Nc1cc(-c2cc[n+](Cc3ccccc3)cc2)c[nH]c1=O. The lowest BCUT2D eigenvalue weighted by Gasteiger charge is -2.05. The second-order valence-electron chi connectivity index (χ2n) is 5.56. The third-order valence-corrected chi connectivity index (χ3v) is 3.65. The van der Waals surface area contributed by atoms with Gasteiger partial charge in [-0.15, -0.1) is 0 Å². The summed E-state index contributed by atoms with van der Waals surface area (Å²) in [6, 6.07) is 15.9. The maximum Gasteiger partial charge on any atom is 0.271 e. The Balaban J connectivity index is 1.83. The van der Waals surface area contributed by atoms with Crippen LogP contribution in [0.3, 0.4) is 0 Å². The number of benzene rings is 1. The largest absolute Gasteiger partial charge is 0.327 e. The van der Waals surface area contributed by atoms with Gasteiger partial charge in [0.1, 0.15) is 5.69 Å². The van der Waals surface area contributed by atoms with Gasteiger partial charge in [0, 0.05) is 36.4 Å². The lowest BCUT2D eigenvalue weighted by molar-refractivity contribution is -0.688. The summed E-state index contributed by atoms with van der Waals surface area (Å²) in [7, 11) is 0. The van der Waals surface area contributed by atoms with Crippen molar-refractivity contribution in [1.29, 1.82) is 0 Å². The zero-order valence-corrected chi connectivity index (χ0v) is 13.3. The number of anilines is 1. The standard InChI is InChI=1S/C19H17N3O2/c1-14(23)21-18-11-17(12-20-19(18)24)16-7-9-22(10-8-16)13-15-5-3-2-4-6-15/h2-12H,13H2,1H3,(H,21,23)/p+1. The minimum atomic E-state index is -0.316. The minimum Gasteiger partial charge on any atom is -0.327 e. The van der Waals surface area contributed by atoms with Gasteiger partial charge in [0.25, 0.3) is 5.56 Å². The summed E-state index contributed by atoms with van der Waals surface area (Å²) in [5, 5.41) is 2.54. The van der Waals surface area contributed by atoms with Crippen LogP contribution in [-0.2, 0) is 11.3 Å². The van der Waals surface area contributed by atoms with Gasteiger partial charge in [0.2, 0.25) is 5.91 Å². The molecule has 1 aromatic carbocycles. The van der Waals surface area contributed by atoms with Crippen LogP contribution in [0.4, 0.5) is 5.69 Å². The maximum absolute atomic E-state index is 11.7. The predicted molar refractivity (Wildman–Crippen MR) is 92.5 cm³/mol. The molecular formula is C19H18N3O2+. The third kappa shape index (κ3) is 3.76. The van der Waals surface area contributed by atoms with E-state index in [1.54, 1.807) is 12.3 Å². The Labute approximate surface area is 139 Å². The normalized spacial score (nSPS) is 10.4. The van der Waals surface area contributed by atoms with Crippen LogP contribution in [-0.4, -0.2) is 10.9 Å². The molecule has 2 aromatic heterocycles. The molecule has 0 radical (unpaired) electrons. The smallest absolute Gasteiger partial charge is 0.271 e. The molecule has 0 saturated heterocycles. The third-order valence-electron chi connectivity index (χ3n) is 3.65. The van der Waals surface area contributed by atoms with Gasteiger partial charge in [-0.25, -0.2) is 4.57 Å². The van der Waals surface area contributed by atoms with Crippen LogP contribution in [0, 0.1) is 0 Å². The van der Waals surface area contributed by atoms with Crippen molar-refractivity contribution in [3.05, 3.63) is 83.0 Å².